The minimum Gasteiger partial charge on any atom is -0.289 e. The molecule has 1 atom stereocenters. The van der Waals surface area contributed by atoms with Gasteiger partial charge in [-0.2, -0.15) is 0 Å². The van der Waals surface area contributed by atoms with E-state index in [0.717, 1.165) is 23.4 Å². The molecule has 0 radical (unpaired) electrons. The summed E-state index contributed by atoms with van der Waals surface area (Å²) in [7, 11) is 0. The summed E-state index contributed by atoms with van der Waals surface area (Å²) < 4.78 is 0. The molecule has 6 heteroatoms. The summed E-state index contributed by atoms with van der Waals surface area (Å²) in [5.74, 6) is 1.02. The molecule has 164 valence electrons. The third-order valence-electron chi connectivity index (χ3n) is 4.03. The van der Waals surface area contributed by atoms with Gasteiger partial charge < -0.3 is 0 Å². The van der Waals surface area contributed by atoms with Gasteiger partial charge in [0.05, 0.1) is 11.1 Å². The molecule has 0 aliphatic rings. The second kappa shape index (κ2) is 13.4. The first-order chi connectivity index (χ1) is 14.0. The fourth-order valence-corrected chi connectivity index (χ4v) is 3.52. The number of aliphatic imine (C=N–C) groups is 2. The molecule has 2 aromatic carbocycles. The highest BCUT2D eigenvalue weighted by molar-refractivity contribution is 6.37. The molecule has 0 heterocycles. The van der Waals surface area contributed by atoms with Crippen molar-refractivity contribution in [3.05, 3.63) is 67.6 Å². The van der Waals surface area contributed by atoms with E-state index in [9.17, 15) is 0 Å². The molecule has 1 unspecified atom stereocenters. The number of halogens is 4. The van der Waals surface area contributed by atoms with Crippen molar-refractivity contribution in [2.45, 2.75) is 47.6 Å². The molecular formula is C24H30Cl4N2. The van der Waals surface area contributed by atoms with E-state index in [1.54, 1.807) is 12.1 Å². The Labute approximate surface area is 201 Å². The quantitative estimate of drug-likeness (QED) is 0.362. The van der Waals surface area contributed by atoms with E-state index in [4.69, 9.17) is 46.4 Å². The second-order valence-electron chi connectivity index (χ2n) is 7.83. The van der Waals surface area contributed by atoms with Crippen molar-refractivity contribution in [2.75, 3.05) is 6.54 Å². The van der Waals surface area contributed by atoms with Gasteiger partial charge in [0.15, 0.2) is 0 Å². The van der Waals surface area contributed by atoms with Crippen LogP contribution in [0.25, 0.3) is 0 Å². The lowest BCUT2D eigenvalue weighted by Crippen LogP contribution is -2.00. The smallest absolute Gasteiger partial charge is 0.0731 e. The minimum absolute atomic E-state index is 0.0807. The van der Waals surface area contributed by atoms with Gasteiger partial charge >= 0.3 is 0 Å². The van der Waals surface area contributed by atoms with Crippen LogP contribution in [0.1, 0.15) is 58.7 Å². The van der Waals surface area contributed by atoms with Crippen LogP contribution in [0.15, 0.2) is 46.4 Å². The van der Waals surface area contributed by atoms with Crippen molar-refractivity contribution in [3.8, 4) is 0 Å². The predicted octanol–water partition coefficient (Wildman–Crippen LogP) is 9.24. The lowest BCUT2D eigenvalue weighted by molar-refractivity contribution is 0.665. The van der Waals surface area contributed by atoms with Crippen LogP contribution >= 0.6 is 46.4 Å². The predicted molar refractivity (Wildman–Crippen MR) is 137 cm³/mol. The SMILES string of the molecule is CC(=NCC(C)C)c1ccc(Cl)cc1Cl.CC(C)C=NC(C)c1ccc(Cl)cc1Cl. The molecule has 0 bridgehead atoms. The van der Waals surface area contributed by atoms with Crippen LogP contribution in [0.5, 0.6) is 0 Å². The first-order valence-electron chi connectivity index (χ1n) is 9.96. The molecule has 30 heavy (non-hydrogen) atoms. The van der Waals surface area contributed by atoms with Crippen molar-refractivity contribution >= 4 is 58.3 Å². The van der Waals surface area contributed by atoms with E-state index in [-0.39, 0.29) is 6.04 Å². The van der Waals surface area contributed by atoms with Gasteiger partial charge in [-0.1, -0.05) is 86.2 Å². The highest BCUT2D eigenvalue weighted by Crippen LogP contribution is 2.28. The first kappa shape index (κ1) is 27.0. The van der Waals surface area contributed by atoms with Crippen LogP contribution in [0.4, 0.5) is 0 Å². The Balaban J connectivity index is 0.000000300. The third-order valence-corrected chi connectivity index (χ3v) is 5.15. The molecule has 0 saturated carbocycles. The monoisotopic (exact) mass is 486 g/mol. The summed E-state index contributed by atoms with van der Waals surface area (Å²) in [6, 6.07) is 11.1. The number of hydrogen-bond donors (Lipinski definition) is 0. The zero-order valence-electron chi connectivity index (χ0n) is 18.4. The van der Waals surface area contributed by atoms with E-state index in [0.29, 0.717) is 31.9 Å². The van der Waals surface area contributed by atoms with Crippen LogP contribution in [-0.4, -0.2) is 18.5 Å². The van der Waals surface area contributed by atoms with Crippen molar-refractivity contribution in [1.82, 2.24) is 0 Å². The Hall–Kier alpha value is -1.06. The largest absolute Gasteiger partial charge is 0.289 e. The Morgan fingerprint density at radius 3 is 1.93 bits per heavy atom. The average Bonchev–Trinajstić information content (AvgIpc) is 2.64. The lowest BCUT2D eigenvalue weighted by atomic mass is 10.1. The normalized spacial score (nSPS) is 13.0. The van der Waals surface area contributed by atoms with Gasteiger partial charge in [0.2, 0.25) is 0 Å². The standard InChI is InChI=1S/2C12H15Cl2N/c2*1-8(2)7-15-9(3)11-5-4-10(13)6-12(11)14/h4-6,8H,7H2,1-3H3;4-9H,1-3H3. The number of nitrogens with zero attached hydrogens (tertiary/aromatic N) is 2. The number of hydrogen-bond acceptors (Lipinski definition) is 2. The van der Waals surface area contributed by atoms with Crippen LogP contribution in [-0.2, 0) is 0 Å². The number of benzene rings is 2. The van der Waals surface area contributed by atoms with Gasteiger partial charge in [0.25, 0.3) is 0 Å². The molecule has 0 N–H and O–H groups in total. The maximum Gasteiger partial charge on any atom is 0.0731 e. The topological polar surface area (TPSA) is 24.7 Å². The van der Waals surface area contributed by atoms with Gasteiger partial charge in [-0.05, 0) is 55.5 Å². The van der Waals surface area contributed by atoms with E-state index in [1.165, 1.54) is 0 Å². The molecule has 0 aromatic heterocycles. The Bertz CT molecular complexity index is 874. The Morgan fingerprint density at radius 2 is 1.43 bits per heavy atom. The van der Waals surface area contributed by atoms with Crippen LogP contribution in [0.2, 0.25) is 20.1 Å². The van der Waals surface area contributed by atoms with Crippen molar-refractivity contribution in [2.24, 2.45) is 21.8 Å². The van der Waals surface area contributed by atoms with Gasteiger partial charge in [0, 0.05) is 39.1 Å². The molecule has 0 saturated heterocycles. The van der Waals surface area contributed by atoms with Gasteiger partial charge in [0.1, 0.15) is 0 Å². The number of rotatable bonds is 6. The fraction of sp³-hybridized carbons (Fsp3) is 0.417. The zero-order valence-corrected chi connectivity index (χ0v) is 21.4. The molecule has 0 aliphatic heterocycles. The molecule has 2 aromatic rings. The van der Waals surface area contributed by atoms with Gasteiger partial charge in [-0.3, -0.25) is 9.98 Å². The maximum absolute atomic E-state index is 6.08. The maximum atomic E-state index is 6.08. The summed E-state index contributed by atoms with van der Waals surface area (Å²) in [6.45, 7) is 13.3. The lowest BCUT2D eigenvalue weighted by Gasteiger charge is -2.09. The van der Waals surface area contributed by atoms with Gasteiger partial charge in [-0.15, -0.1) is 0 Å². The minimum atomic E-state index is 0.0807. The average molecular weight is 488 g/mol. The van der Waals surface area contributed by atoms with E-state index < -0.39 is 0 Å². The van der Waals surface area contributed by atoms with Crippen molar-refractivity contribution in [1.29, 1.82) is 0 Å². The molecule has 0 aliphatic carbocycles. The summed E-state index contributed by atoms with van der Waals surface area (Å²) in [5.41, 5.74) is 2.94. The Morgan fingerprint density at radius 1 is 0.867 bits per heavy atom. The molecule has 0 spiro atoms. The van der Waals surface area contributed by atoms with Gasteiger partial charge in [-0.25, -0.2) is 0 Å². The molecule has 2 rings (SSSR count). The van der Waals surface area contributed by atoms with Crippen LogP contribution in [0, 0.1) is 11.8 Å². The third kappa shape index (κ3) is 9.83. The van der Waals surface area contributed by atoms with E-state index in [2.05, 4.69) is 37.7 Å². The highest BCUT2D eigenvalue weighted by atomic mass is 35.5. The Kier molecular flexibility index (Phi) is 12.0. The first-order valence-corrected chi connectivity index (χ1v) is 11.5. The molecule has 0 fully saturated rings. The summed E-state index contributed by atoms with van der Waals surface area (Å²) in [4.78, 5) is 8.91. The van der Waals surface area contributed by atoms with Crippen LogP contribution < -0.4 is 0 Å². The van der Waals surface area contributed by atoms with Crippen LogP contribution in [0.3, 0.4) is 0 Å². The molecule has 2 nitrogen and oxygen atoms in total. The van der Waals surface area contributed by atoms with Crippen molar-refractivity contribution in [3.63, 3.8) is 0 Å². The van der Waals surface area contributed by atoms with Crippen molar-refractivity contribution < 1.29 is 0 Å². The summed E-state index contributed by atoms with van der Waals surface area (Å²) in [5, 5.41) is 2.65. The zero-order chi connectivity index (χ0) is 22.8. The van der Waals surface area contributed by atoms with E-state index in [1.807, 2.05) is 44.3 Å². The second-order valence-corrected chi connectivity index (χ2v) is 9.52. The molecular weight excluding hydrogens is 458 g/mol. The molecule has 0 amide bonds. The fourth-order valence-electron chi connectivity index (χ4n) is 2.41. The highest BCUT2D eigenvalue weighted by Gasteiger charge is 2.08. The summed E-state index contributed by atoms with van der Waals surface area (Å²) in [6.07, 6.45) is 1.94. The summed E-state index contributed by atoms with van der Waals surface area (Å²) >= 11 is 23.8. The van der Waals surface area contributed by atoms with E-state index >= 15 is 0 Å².